The van der Waals surface area contributed by atoms with E-state index in [2.05, 4.69) is 5.32 Å². The lowest BCUT2D eigenvalue weighted by Gasteiger charge is -2.35. The second-order valence-electron chi connectivity index (χ2n) is 12.0. The molecule has 1 aliphatic heterocycles. The van der Waals surface area contributed by atoms with Gasteiger partial charge in [-0.15, -0.1) is 0 Å². The van der Waals surface area contributed by atoms with Crippen LogP contribution in [0, 0.1) is 11.3 Å². The highest BCUT2D eigenvalue weighted by Crippen LogP contribution is 2.51. The lowest BCUT2D eigenvalue weighted by molar-refractivity contribution is -0.194. The van der Waals surface area contributed by atoms with E-state index in [0.29, 0.717) is 17.9 Å². The van der Waals surface area contributed by atoms with Crippen LogP contribution < -0.4 is 14.8 Å². The summed E-state index contributed by atoms with van der Waals surface area (Å²) in [5, 5.41) is 2.07. The summed E-state index contributed by atoms with van der Waals surface area (Å²) < 4.78 is 55.6. The Kier molecular flexibility index (Phi) is 8.57. The molecule has 1 N–H and O–H groups in total. The first-order valence-corrected chi connectivity index (χ1v) is 14.0. The zero-order valence-electron chi connectivity index (χ0n) is 23.7. The van der Waals surface area contributed by atoms with Gasteiger partial charge >= 0.3 is 6.18 Å². The fourth-order valence-corrected chi connectivity index (χ4v) is 6.42. The SMILES string of the molecule is COc1ccc(CCN2C(=O)C(NC(=O)CCC3CCCCC3)(C(F)(F)F)C3=C2CC(C)(C)CC3=O)cc1OC. The molecule has 0 saturated heterocycles. The van der Waals surface area contributed by atoms with Gasteiger partial charge in [0.1, 0.15) is 0 Å². The van der Waals surface area contributed by atoms with E-state index >= 15 is 0 Å². The first-order chi connectivity index (χ1) is 18.8. The number of halogens is 3. The van der Waals surface area contributed by atoms with Crippen LogP contribution in [-0.4, -0.2) is 55.0 Å². The van der Waals surface area contributed by atoms with E-state index in [-0.39, 0.29) is 43.8 Å². The van der Waals surface area contributed by atoms with Gasteiger partial charge in [0.25, 0.3) is 5.91 Å². The molecule has 1 aromatic carbocycles. The Bertz CT molecular complexity index is 1190. The molecule has 2 aliphatic carbocycles. The molecular formula is C30H39F3N2O5. The summed E-state index contributed by atoms with van der Waals surface area (Å²) in [5.74, 6) is -1.69. The number of carbonyl (C=O) groups is 3. The van der Waals surface area contributed by atoms with E-state index in [1.165, 1.54) is 14.2 Å². The number of hydrogen-bond donors (Lipinski definition) is 1. The minimum absolute atomic E-state index is 0.0524. The van der Waals surface area contributed by atoms with Gasteiger partial charge in [-0.1, -0.05) is 52.0 Å². The number of nitrogens with one attached hydrogen (secondary N) is 1. The maximum Gasteiger partial charge on any atom is 0.425 e. The van der Waals surface area contributed by atoms with E-state index in [4.69, 9.17) is 9.47 Å². The summed E-state index contributed by atoms with van der Waals surface area (Å²) in [4.78, 5) is 41.3. The smallest absolute Gasteiger partial charge is 0.425 e. The summed E-state index contributed by atoms with van der Waals surface area (Å²) in [5.41, 5.74) is -3.86. The molecule has 1 atom stereocenters. The molecule has 1 unspecified atom stereocenters. The number of ketones is 1. The lowest BCUT2D eigenvalue weighted by Crippen LogP contribution is -2.66. The normalized spacial score (nSPS) is 23.3. The Balaban J connectivity index is 1.66. The number of methoxy groups -OCH3 is 2. The molecule has 0 aromatic heterocycles. The van der Waals surface area contributed by atoms with Crippen molar-refractivity contribution in [3.05, 3.63) is 35.0 Å². The number of benzene rings is 1. The number of nitrogens with zero attached hydrogens (tertiary/aromatic N) is 1. The van der Waals surface area contributed by atoms with Gasteiger partial charge in [-0.2, -0.15) is 13.2 Å². The Labute approximate surface area is 233 Å². The van der Waals surface area contributed by atoms with E-state index < -0.39 is 40.3 Å². The van der Waals surface area contributed by atoms with Crippen LogP contribution in [0.15, 0.2) is 29.5 Å². The number of hydrogen-bond acceptors (Lipinski definition) is 5. The highest BCUT2D eigenvalue weighted by molar-refractivity contribution is 6.13. The first kappa shape index (κ1) is 29.9. The molecular weight excluding hydrogens is 525 g/mol. The summed E-state index contributed by atoms with van der Waals surface area (Å²) in [6.07, 6.45) is 0.449. The van der Waals surface area contributed by atoms with Gasteiger partial charge in [0.2, 0.25) is 11.4 Å². The highest BCUT2D eigenvalue weighted by atomic mass is 19.4. The predicted octanol–water partition coefficient (Wildman–Crippen LogP) is 5.51. The number of ether oxygens (including phenoxy) is 2. The minimum atomic E-state index is -5.19. The predicted molar refractivity (Wildman–Crippen MR) is 143 cm³/mol. The Morgan fingerprint density at radius 2 is 1.73 bits per heavy atom. The van der Waals surface area contributed by atoms with Crippen molar-refractivity contribution in [2.75, 3.05) is 20.8 Å². The van der Waals surface area contributed by atoms with Crippen LogP contribution in [0.25, 0.3) is 0 Å². The Morgan fingerprint density at radius 3 is 2.35 bits per heavy atom. The van der Waals surface area contributed by atoms with Gasteiger partial charge in [-0.05, 0) is 48.3 Å². The van der Waals surface area contributed by atoms with E-state index in [1.54, 1.807) is 32.0 Å². The van der Waals surface area contributed by atoms with E-state index in [1.807, 2.05) is 0 Å². The van der Waals surface area contributed by atoms with Crippen LogP contribution in [0.5, 0.6) is 11.5 Å². The van der Waals surface area contributed by atoms with Crippen molar-refractivity contribution < 1.29 is 37.0 Å². The molecule has 2 amide bonds. The third kappa shape index (κ3) is 5.72. The molecule has 10 heteroatoms. The van der Waals surface area contributed by atoms with E-state index in [9.17, 15) is 27.6 Å². The lowest BCUT2D eigenvalue weighted by atomic mass is 9.72. The second kappa shape index (κ2) is 11.4. The van der Waals surface area contributed by atoms with Crippen molar-refractivity contribution >= 4 is 17.6 Å². The minimum Gasteiger partial charge on any atom is -0.493 e. The molecule has 1 aromatic rings. The number of amides is 2. The van der Waals surface area contributed by atoms with Crippen molar-refractivity contribution in [2.45, 2.75) is 89.8 Å². The van der Waals surface area contributed by atoms with Crippen LogP contribution in [0.1, 0.15) is 77.2 Å². The van der Waals surface area contributed by atoms with Gasteiger partial charge in [0, 0.05) is 25.1 Å². The number of rotatable bonds is 9. The van der Waals surface area contributed by atoms with Crippen molar-refractivity contribution in [1.82, 2.24) is 10.2 Å². The quantitative estimate of drug-likeness (QED) is 0.428. The molecule has 40 heavy (non-hydrogen) atoms. The largest absolute Gasteiger partial charge is 0.493 e. The number of alkyl halides is 3. The third-order valence-electron chi connectivity index (χ3n) is 8.45. The fraction of sp³-hybridized carbons (Fsp3) is 0.633. The van der Waals surface area contributed by atoms with Crippen molar-refractivity contribution in [1.29, 1.82) is 0 Å². The van der Waals surface area contributed by atoms with Gasteiger partial charge in [-0.3, -0.25) is 14.4 Å². The van der Waals surface area contributed by atoms with E-state index in [0.717, 1.165) is 42.6 Å². The van der Waals surface area contributed by atoms with Gasteiger partial charge in [0.15, 0.2) is 17.3 Å². The third-order valence-corrected chi connectivity index (χ3v) is 8.45. The molecule has 0 spiro atoms. The Hall–Kier alpha value is -3.04. The standard InChI is InChI=1S/C30H39F3N2O5/c1-28(2)17-21-26(22(36)18-28)29(30(31,32)33,34-25(37)13-11-19-8-6-5-7-9-19)27(38)35(21)15-14-20-10-12-23(39-3)24(16-20)40-4/h10,12,16,19H,5-9,11,13-15,17-18H2,1-4H3,(H,34,37). The topological polar surface area (TPSA) is 84.9 Å². The van der Waals surface area contributed by atoms with Crippen molar-refractivity contribution in [2.24, 2.45) is 11.3 Å². The number of allylic oxidation sites excluding steroid dienone is 1. The summed E-state index contributed by atoms with van der Waals surface area (Å²) >= 11 is 0. The first-order valence-electron chi connectivity index (χ1n) is 14.0. The molecule has 7 nitrogen and oxygen atoms in total. The summed E-state index contributed by atoms with van der Waals surface area (Å²) in [6.45, 7) is 3.50. The molecule has 1 saturated carbocycles. The van der Waals surface area contributed by atoms with Crippen LogP contribution >= 0.6 is 0 Å². The van der Waals surface area contributed by atoms with Gasteiger partial charge in [-0.25, -0.2) is 0 Å². The molecule has 1 fully saturated rings. The fourth-order valence-electron chi connectivity index (χ4n) is 6.42. The van der Waals surface area contributed by atoms with Crippen LogP contribution in [0.2, 0.25) is 0 Å². The maximum atomic E-state index is 15.0. The molecule has 3 aliphatic rings. The number of carbonyl (C=O) groups excluding carboxylic acids is 3. The van der Waals surface area contributed by atoms with Crippen LogP contribution in [-0.2, 0) is 20.8 Å². The zero-order chi connectivity index (χ0) is 29.3. The van der Waals surface area contributed by atoms with Gasteiger partial charge in [0.05, 0.1) is 19.8 Å². The molecule has 4 rings (SSSR count). The molecule has 0 radical (unpaired) electrons. The average molecular weight is 565 g/mol. The summed E-state index contributed by atoms with van der Waals surface area (Å²) in [6, 6.07) is 5.14. The molecule has 220 valence electrons. The monoisotopic (exact) mass is 564 g/mol. The zero-order valence-corrected chi connectivity index (χ0v) is 23.7. The van der Waals surface area contributed by atoms with Crippen LogP contribution in [0.4, 0.5) is 13.2 Å². The van der Waals surface area contributed by atoms with Crippen LogP contribution in [0.3, 0.4) is 0 Å². The summed E-state index contributed by atoms with van der Waals surface area (Å²) in [7, 11) is 2.98. The molecule has 1 heterocycles. The number of Topliss-reactive ketones (excluding diaryl/α,β-unsaturated/α-hetero) is 1. The molecule has 0 bridgehead atoms. The van der Waals surface area contributed by atoms with Crippen molar-refractivity contribution in [3.8, 4) is 11.5 Å². The highest BCUT2D eigenvalue weighted by Gasteiger charge is 2.71. The maximum absolute atomic E-state index is 15.0. The average Bonchev–Trinajstić information content (AvgIpc) is 3.13. The van der Waals surface area contributed by atoms with Gasteiger partial charge < -0.3 is 19.7 Å². The second-order valence-corrected chi connectivity index (χ2v) is 12.0. The Morgan fingerprint density at radius 1 is 1.05 bits per heavy atom. The van der Waals surface area contributed by atoms with Crippen molar-refractivity contribution in [3.63, 3.8) is 0 Å².